The third kappa shape index (κ3) is 2.40. The number of nitrogens with one attached hydrogen (secondary N) is 1. The Hall–Kier alpha value is -2.57. The predicted molar refractivity (Wildman–Crippen MR) is 63.9 cm³/mol. The Morgan fingerprint density at radius 3 is 2.83 bits per heavy atom. The molecule has 0 unspecified atom stereocenters. The van der Waals surface area contributed by atoms with Crippen molar-refractivity contribution in [3.8, 4) is 5.75 Å². The molecule has 0 saturated carbocycles. The van der Waals surface area contributed by atoms with Crippen LogP contribution in [0.1, 0.15) is 11.3 Å². The lowest BCUT2D eigenvalue weighted by atomic mass is 10.2. The maximum atomic E-state index is 13.6. The summed E-state index contributed by atoms with van der Waals surface area (Å²) in [4.78, 5) is 3.81. The number of nitrogen functional groups attached to an aromatic ring is 2. The number of aromatic nitrogens is 1. The van der Waals surface area contributed by atoms with Crippen LogP contribution in [0.4, 0.5) is 16.1 Å². The molecule has 6 nitrogen and oxygen atoms in total. The van der Waals surface area contributed by atoms with E-state index in [1.54, 1.807) is 0 Å². The van der Waals surface area contributed by atoms with Crippen molar-refractivity contribution in [2.24, 2.45) is 0 Å². The van der Waals surface area contributed by atoms with Crippen LogP contribution in [0.25, 0.3) is 0 Å². The third-order valence-corrected chi connectivity index (χ3v) is 2.24. The summed E-state index contributed by atoms with van der Waals surface area (Å²) in [6.07, 6.45) is 2.29. The van der Waals surface area contributed by atoms with E-state index in [9.17, 15) is 4.39 Å². The van der Waals surface area contributed by atoms with Gasteiger partial charge in [0.1, 0.15) is 18.6 Å². The summed E-state index contributed by atoms with van der Waals surface area (Å²) in [7, 11) is 0. The molecule has 0 aliphatic rings. The van der Waals surface area contributed by atoms with E-state index >= 15 is 0 Å². The first-order valence-corrected chi connectivity index (χ1v) is 5.02. The van der Waals surface area contributed by atoms with Gasteiger partial charge in [0.05, 0.1) is 0 Å². The Morgan fingerprint density at radius 1 is 1.44 bits per heavy atom. The molecule has 0 amide bonds. The fraction of sp³-hybridized carbons (Fsp3) is 0.0909. The van der Waals surface area contributed by atoms with E-state index in [0.717, 1.165) is 12.3 Å². The van der Waals surface area contributed by atoms with Crippen molar-refractivity contribution in [1.29, 1.82) is 5.41 Å². The van der Waals surface area contributed by atoms with Gasteiger partial charge in [-0.25, -0.2) is 4.39 Å². The number of benzene rings is 1. The summed E-state index contributed by atoms with van der Waals surface area (Å²) in [5, 5.41) is 7.04. The highest BCUT2D eigenvalue weighted by Crippen LogP contribution is 2.24. The Balaban J connectivity index is 2.14. The minimum Gasteiger partial charge on any atom is -0.484 e. The molecule has 18 heavy (non-hydrogen) atoms. The lowest BCUT2D eigenvalue weighted by molar-refractivity contribution is 0.286. The van der Waals surface area contributed by atoms with E-state index in [4.69, 9.17) is 26.0 Å². The number of oxazole rings is 1. The van der Waals surface area contributed by atoms with E-state index in [-0.39, 0.29) is 24.1 Å². The Bertz CT molecular complexity index is 582. The Kier molecular flexibility index (Phi) is 3.13. The van der Waals surface area contributed by atoms with Crippen molar-refractivity contribution < 1.29 is 13.5 Å². The average molecular weight is 250 g/mol. The topological polar surface area (TPSA) is 111 Å². The standard InChI is InChI=1S/C11H11FN4O2/c12-8-1-6(3-13)9(14)2-10(8)17-4-7-5-18-11(15)16-7/h1-3,5,13H,4,14H2,(H2,15,16). The van der Waals surface area contributed by atoms with Gasteiger partial charge in [0.25, 0.3) is 6.01 Å². The quantitative estimate of drug-likeness (QED) is 0.563. The average Bonchev–Trinajstić information content (AvgIpc) is 2.75. The second-order valence-corrected chi connectivity index (χ2v) is 3.52. The molecule has 0 spiro atoms. The smallest absolute Gasteiger partial charge is 0.292 e. The first-order valence-electron chi connectivity index (χ1n) is 5.02. The molecule has 94 valence electrons. The van der Waals surface area contributed by atoms with Gasteiger partial charge in [-0.15, -0.1) is 0 Å². The maximum absolute atomic E-state index is 13.6. The van der Waals surface area contributed by atoms with Crippen LogP contribution < -0.4 is 16.2 Å². The minimum atomic E-state index is -0.598. The second-order valence-electron chi connectivity index (χ2n) is 3.52. The summed E-state index contributed by atoms with van der Waals surface area (Å²) in [6, 6.07) is 2.47. The molecule has 2 aromatic rings. The largest absolute Gasteiger partial charge is 0.484 e. The van der Waals surface area contributed by atoms with Crippen LogP contribution in [-0.2, 0) is 6.61 Å². The monoisotopic (exact) mass is 250 g/mol. The number of nitrogens with zero attached hydrogens (tertiary/aromatic N) is 1. The summed E-state index contributed by atoms with van der Waals surface area (Å²) in [5.41, 5.74) is 11.9. The Morgan fingerprint density at radius 2 is 2.22 bits per heavy atom. The highest BCUT2D eigenvalue weighted by atomic mass is 19.1. The second kappa shape index (κ2) is 4.74. The molecule has 1 heterocycles. The van der Waals surface area contributed by atoms with Gasteiger partial charge < -0.3 is 26.0 Å². The number of rotatable bonds is 4. The molecule has 0 radical (unpaired) electrons. The number of halogens is 1. The van der Waals surface area contributed by atoms with Crippen molar-refractivity contribution in [2.45, 2.75) is 6.61 Å². The van der Waals surface area contributed by atoms with Crippen molar-refractivity contribution in [1.82, 2.24) is 4.98 Å². The predicted octanol–water partition coefficient (Wildman–Crippen LogP) is 1.55. The summed E-state index contributed by atoms with van der Waals surface area (Å²) >= 11 is 0. The van der Waals surface area contributed by atoms with Crippen molar-refractivity contribution in [3.05, 3.63) is 35.5 Å². The van der Waals surface area contributed by atoms with Crippen LogP contribution in [0, 0.1) is 11.2 Å². The van der Waals surface area contributed by atoms with Gasteiger partial charge in [-0.1, -0.05) is 0 Å². The van der Waals surface area contributed by atoms with E-state index in [1.807, 2.05) is 0 Å². The fourth-order valence-corrected chi connectivity index (χ4v) is 1.36. The number of ether oxygens (including phenoxy) is 1. The molecule has 7 heteroatoms. The first kappa shape index (κ1) is 11.9. The van der Waals surface area contributed by atoms with Crippen molar-refractivity contribution in [3.63, 3.8) is 0 Å². The number of hydrogen-bond acceptors (Lipinski definition) is 6. The van der Waals surface area contributed by atoms with Gasteiger partial charge in [0.15, 0.2) is 11.6 Å². The van der Waals surface area contributed by atoms with Gasteiger partial charge in [0.2, 0.25) is 0 Å². The number of nitrogens with two attached hydrogens (primary N) is 2. The zero-order valence-corrected chi connectivity index (χ0v) is 9.31. The van der Waals surface area contributed by atoms with Gasteiger partial charge in [0, 0.05) is 23.5 Å². The highest BCUT2D eigenvalue weighted by molar-refractivity contribution is 5.85. The molecular formula is C11H11FN4O2. The molecule has 1 aromatic heterocycles. The van der Waals surface area contributed by atoms with Gasteiger partial charge >= 0.3 is 0 Å². The number of hydrogen-bond donors (Lipinski definition) is 3. The molecule has 5 N–H and O–H groups in total. The van der Waals surface area contributed by atoms with Gasteiger partial charge in [-0.3, -0.25) is 0 Å². The van der Waals surface area contributed by atoms with Crippen LogP contribution in [0.15, 0.2) is 22.8 Å². The summed E-state index contributed by atoms with van der Waals surface area (Å²) in [6.45, 7) is 0.0149. The lowest BCUT2D eigenvalue weighted by Crippen LogP contribution is -2.01. The van der Waals surface area contributed by atoms with Crippen LogP contribution in [0.3, 0.4) is 0 Å². The van der Waals surface area contributed by atoms with Crippen molar-refractivity contribution >= 4 is 17.9 Å². The fourth-order valence-electron chi connectivity index (χ4n) is 1.36. The van der Waals surface area contributed by atoms with Crippen LogP contribution in [0.5, 0.6) is 5.75 Å². The van der Waals surface area contributed by atoms with E-state index < -0.39 is 5.82 Å². The molecule has 1 aromatic carbocycles. The van der Waals surface area contributed by atoms with Crippen LogP contribution in [-0.4, -0.2) is 11.2 Å². The van der Waals surface area contributed by atoms with Gasteiger partial charge in [-0.05, 0) is 6.07 Å². The van der Waals surface area contributed by atoms with Gasteiger partial charge in [-0.2, -0.15) is 4.98 Å². The molecule has 0 fully saturated rings. The zero-order valence-electron chi connectivity index (χ0n) is 9.31. The molecule has 0 aliphatic heterocycles. The van der Waals surface area contributed by atoms with Crippen LogP contribution >= 0.6 is 0 Å². The molecule has 0 saturated heterocycles. The minimum absolute atomic E-state index is 0.0142. The normalized spacial score (nSPS) is 10.3. The number of anilines is 2. The van der Waals surface area contributed by atoms with E-state index in [0.29, 0.717) is 11.3 Å². The molecule has 0 aliphatic carbocycles. The third-order valence-electron chi connectivity index (χ3n) is 2.24. The maximum Gasteiger partial charge on any atom is 0.292 e. The summed E-state index contributed by atoms with van der Waals surface area (Å²) < 4.78 is 23.6. The lowest BCUT2D eigenvalue weighted by Gasteiger charge is -2.08. The Labute approximate surface area is 102 Å². The molecular weight excluding hydrogens is 239 g/mol. The SMILES string of the molecule is N=Cc1cc(F)c(OCc2coc(N)n2)cc1N. The van der Waals surface area contributed by atoms with E-state index in [2.05, 4.69) is 4.98 Å². The zero-order chi connectivity index (χ0) is 13.1. The highest BCUT2D eigenvalue weighted by Gasteiger charge is 2.09. The molecule has 0 bridgehead atoms. The van der Waals surface area contributed by atoms with Crippen LogP contribution in [0.2, 0.25) is 0 Å². The van der Waals surface area contributed by atoms with E-state index in [1.165, 1.54) is 12.3 Å². The molecule has 0 atom stereocenters. The first-order chi connectivity index (χ1) is 8.60. The summed E-state index contributed by atoms with van der Waals surface area (Å²) in [5.74, 6) is -0.612. The van der Waals surface area contributed by atoms with Crippen molar-refractivity contribution in [2.75, 3.05) is 11.5 Å². The molecule has 2 rings (SSSR count).